The summed E-state index contributed by atoms with van der Waals surface area (Å²) >= 11 is 0. The van der Waals surface area contributed by atoms with Gasteiger partial charge in [-0.3, -0.25) is 18.9 Å². The van der Waals surface area contributed by atoms with Crippen LogP contribution in [0.3, 0.4) is 0 Å². The van der Waals surface area contributed by atoms with Gasteiger partial charge in [0, 0.05) is 18.7 Å². The molecule has 0 saturated carbocycles. The summed E-state index contributed by atoms with van der Waals surface area (Å²) < 4.78 is 43.4. The number of carbonyl (C=O) groups is 1. The highest BCUT2D eigenvalue weighted by molar-refractivity contribution is 7.92. The van der Waals surface area contributed by atoms with E-state index >= 15 is 0 Å². The Hall–Kier alpha value is -4.05. The fourth-order valence-electron chi connectivity index (χ4n) is 3.69. The van der Waals surface area contributed by atoms with Crippen molar-refractivity contribution < 1.29 is 17.6 Å². The van der Waals surface area contributed by atoms with E-state index in [9.17, 15) is 22.4 Å². The molecule has 180 valence electrons. The lowest BCUT2D eigenvalue weighted by atomic mass is 10.2. The standard InChI is InChI=1S/C25H23FN4O4S/c1-16-11-12-18(15-23(16)35(33,34)29-22-10-6-4-8-20(22)26)28-24(31)13-14-30-17(2)27-21-9-5-3-7-19(21)25(30)32/h3-12,15,29H,13-14H2,1-2H3,(H,28,31). The van der Waals surface area contributed by atoms with Gasteiger partial charge < -0.3 is 5.32 Å². The van der Waals surface area contributed by atoms with E-state index in [0.717, 1.165) is 6.07 Å². The number of halogens is 1. The lowest BCUT2D eigenvalue weighted by Gasteiger charge is -2.14. The highest BCUT2D eigenvalue weighted by Crippen LogP contribution is 2.24. The van der Waals surface area contributed by atoms with E-state index in [0.29, 0.717) is 22.3 Å². The van der Waals surface area contributed by atoms with Crippen molar-refractivity contribution in [3.8, 4) is 0 Å². The number of fused-ring (bicyclic) bond motifs is 1. The van der Waals surface area contributed by atoms with Crippen molar-refractivity contribution in [3.63, 3.8) is 0 Å². The van der Waals surface area contributed by atoms with Gasteiger partial charge in [-0.2, -0.15) is 0 Å². The van der Waals surface area contributed by atoms with Crippen LogP contribution in [0.15, 0.2) is 76.4 Å². The number of amides is 1. The summed E-state index contributed by atoms with van der Waals surface area (Å²) in [6.45, 7) is 3.41. The van der Waals surface area contributed by atoms with Gasteiger partial charge in [-0.05, 0) is 55.8 Å². The Balaban J connectivity index is 1.50. The SMILES string of the molecule is Cc1ccc(NC(=O)CCn2c(C)nc3ccccc3c2=O)cc1S(=O)(=O)Nc1ccccc1F. The van der Waals surface area contributed by atoms with Gasteiger partial charge in [-0.1, -0.05) is 30.3 Å². The summed E-state index contributed by atoms with van der Waals surface area (Å²) in [7, 11) is -4.11. The number of nitrogens with one attached hydrogen (secondary N) is 2. The summed E-state index contributed by atoms with van der Waals surface area (Å²) in [5.41, 5.74) is 0.870. The predicted octanol–water partition coefficient (Wildman–Crippen LogP) is 3.98. The zero-order valence-corrected chi connectivity index (χ0v) is 19.9. The molecule has 1 aromatic heterocycles. The Morgan fingerprint density at radius 2 is 1.74 bits per heavy atom. The van der Waals surface area contributed by atoms with Crippen LogP contribution < -0.4 is 15.6 Å². The minimum atomic E-state index is -4.11. The van der Waals surface area contributed by atoms with Crippen molar-refractivity contribution in [2.45, 2.75) is 31.7 Å². The van der Waals surface area contributed by atoms with E-state index < -0.39 is 21.7 Å². The first-order chi connectivity index (χ1) is 16.7. The molecule has 3 aromatic carbocycles. The summed E-state index contributed by atoms with van der Waals surface area (Å²) in [6.07, 6.45) is -0.0236. The zero-order chi connectivity index (χ0) is 25.2. The third-order valence-corrected chi connectivity index (χ3v) is 7.00. The van der Waals surface area contributed by atoms with Gasteiger partial charge in [0.25, 0.3) is 15.6 Å². The molecule has 0 spiro atoms. The van der Waals surface area contributed by atoms with Crippen LogP contribution >= 0.6 is 0 Å². The molecule has 0 aliphatic rings. The van der Waals surface area contributed by atoms with Crippen molar-refractivity contribution in [1.29, 1.82) is 0 Å². The van der Waals surface area contributed by atoms with Crippen LogP contribution in [0.4, 0.5) is 15.8 Å². The third-order valence-electron chi connectivity index (χ3n) is 5.49. The maximum absolute atomic E-state index is 13.9. The Labute approximate surface area is 201 Å². The first-order valence-electron chi connectivity index (χ1n) is 10.8. The molecular formula is C25H23FN4O4S. The molecule has 0 bridgehead atoms. The van der Waals surface area contributed by atoms with Gasteiger partial charge in [0.15, 0.2) is 0 Å². The molecule has 0 saturated heterocycles. The predicted molar refractivity (Wildman–Crippen MR) is 132 cm³/mol. The first kappa shape index (κ1) is 24.1. The molecule has 4 rings (SSSR count). The van der Waals surface area contributed by atoms with Gasteiger partial charge in [0.05, 0.1) is 21.5 Å². The van der Waals surface area contributed by atoms with Crippen LogP contribution in [0.1, 0.15) is 17.8 Å². The van der Waals surface area contributed by atoms with Crippen molar-refractivity contribution in [1.82, 2.24) is 9.55 Å². The average molecular weight is 495 g/mol. The zero-order valence-electron chi connectivity index (χ0n) is 19.1. The van der Waals surface area contributed by atoms with Crippen LogP contribution in [0.5, 0.6) is 0 Å². The molecule has 0 unspecified atom stereocenters. The minimum Gasteiger partial charge on any atom is -0.326 e. The lowest BCUT2D eigenvalue weighted by Crippen LogP contribution is -2.26. The third kappa shape index (κ3) is 5.22. The number of rotatable bonds is 7. The highest BCUT2D eigenvalue weighted by atomic mass is 32.2. The second kappa shape index (κ2) is 9.67. The number of anilines is 2. The number of nitrogens with zero attached hydrogens (tertiary/aromatic N) is 2. The fourth-order valence-corrected chi connectivity index (χ4v) is 5.03. The smallest absolute Gasteiger partial charge is 0.262 e. The summed E-state index contributed by atoms with van der Waals surface area (Å²) in [6, 6.07) is 16.9. The van der Waals surface area contributed by atoms with Gasteiger partial charge in [0.1, 0.15) is 11.6 Å². The molecule has 1 amide bonds. The van der Waals surface area contributed by atoms with E-state index in [1.807, 2.05) is 0 Å². The van der Waals surface area contributed by atoms with Crippen molar-refractivity contribution in [3.05, 3.63) is 94.3 Å². The fraction of sp³-hybridized carbons (Fsp3) is 0.160. The Morgan fingerprint density at radius 3 is 2.51 bits per heavy atom. The number of hydrogen-bond acceptors (Lipinski definition) is 5. The van der Waals surface area contributed by atoms with E-state index in [2.05, 4.69) is 15.0 Å². The molecular weight excluding hydrogens is 471 g/mol. The van der Waals surface area contributed by atoms with Crippen LogP contribution in [0.2, 0.25) is 0 Å². The summed E-state index contributed by atoms with van der Waals surface area (Å²) in [5.74, 6) is -0.616. The largest absolute Gasteiger partial charge is 0.326 e. The Morgan fingerprint density at radius 1 is 1.03 bits per heavy atom. The normalized spacial score (nSPS) is 11.4. The quantitative estimate of drug-likeness (QED) is 0.404. The van der Waals surface area contributed by atoms with Gasteiger partial charge in [-0.15, -0.1) is 0 Å². The second-order valence-corrected chi connectivity index (χ2v) is 9.65. The maximum atomic E-state index is 13.9. The van der Waals surface area contributed by atoms with Crippen LogP contribution in [0.25, 0.3) is 10.9 Å². The number of aromatic nitrogens is 2. The number of para-hydroxylation sites is 2. The monoisotopic (exact) mass is 494 g/mol. The minimum absolute atomic E-state index is 0.0236. The molecule has 2 N–H and O–H groups in total. The van der Waals surface area contributed by atoms with Gasteiger partial charge >= 0.3 is 0 Å². The number of hydrogen-bond donors (Lipinski definition) is 2. The first-order valence-corrected chi connectivity index (χ1v) is 12.3. The van der Waals surface area contributed by atoms with Crippen molar-refractivity contribution >= 4 is 38.2 Å². The number of sulfonamides is 1. The molecule has 0 radical (unpaired) electrons. The molecule has 4 aromatic rings. The molecule has 1 heterocycles. The number of aryl methyl sites for hydroxylation is 2. The number of benzene rings is 3. The van der Waals surface area contributed by atoms with E-state index in [1.165, 1.54) is 28.8 Å². The second-order valence-electron chi connectivity index (χ2n) is 8.00. The molecule has 0 aliphatic heterocycles. The van der Waals surface area contributed by atoms with Crippen molar-refractivity contribution in [2.75, 3.05) is 10.0 Å². The molecule has 35 heavy (non-hydrogen) atoms. The molecule has 0 fully saturated rings. The highest BCUT2D eigenvalue weighted by Gasteiger charge is 2.20. The van der Waals surface area contributed by atoms with Gasteiger partial charge in [-0.25, -0.2) is 17.8 Å². The van der Waals surface area contributed by atoms with Crippen LogP contribution in [0, 0.1) is 19.7 Å². The maximum Gasteiger partial charge on any atom is 0.262 e. The van der Waals surface area contributed by atoms with E-state index in [1.54, 1.807) is 50.2 Å². The van der Waals surface area contributed by atoms with Gasteiger partial charge in [0.2, 0.25) is 5.91 Å². The van der Waals surface area contributed by atoms with E-state index in [-0.39, 0.29) is 34.8 Å². The summed E-state index contributed by atoms with van der Waals surface area (Å²) in [4.78, 5) is 29.7. The number of carbonyl (C=O) groups excluding carboxylic acids is 1. The molecule has 10 heteroatoms. The van der Waals surface area contributed by atoms with Crippen LogP contribution in [-0.2, 0) is 21.4 Å². The van der Waals surface area contributed by atoms with Crippen LogP contribution in [-0.4, -0.2) is 23.9 Å². The van der Waals surface area contributed by atoms with E-state index in [4.69, 9.17) is 0 Å². The molecule has 8 nitrogen and oxygen atoms in total. The van der Waals surface area contributed by atoms with Crippen molar-refractivity contribution in [2.24, 2.45) is 0 Å². The Kier molecular flexibility index (Phi) is 6.65. The average Bonchev–Trinajstić information content (AvgIpc) is 2.81. The molecule has 0 aliphatic carbocycles. The Bertz CT molecular complexity index is 1600. The molecule has 0 atom stereocenters. The lowest BCUT2D eigenvalue weighted by molar-refractivity contribution is -0.116. The topological polar surface area (TPSA) is 110 Å². The summed E-state index contributed by atoms with van der Waals surface area (Å²) in [5, 5.41) is 3.13.